The van der Waals surface area contributed by atoms with Crippen molar-refractivity contribution in [2.24, 2.45) is 11.7 Å². The summed E-state index contributed by atoms with van der Waals surface area (Å²) in [6.07, 6.45) is 4.61. The van der Waals surface area contributed by atoms with Gasteiger partial charge in [-0.15, -0.1) is 0 Å². The van der Waals surface area contributed by atoms with Crippen LogP contribution in [0.5, 0.6) is 0 Å². The van der Waals surface area contributed by atoms with Crippen molar-refractivity contribution in [3.63, 3.8) is 0 Å². The van der Waals surface area contributed by atoms with E-state index in [-0.39, 0.29) is 5.91 Å². The van der Waals surface area contributed by atoms with Gasteiger partial charge in [-0.25, -0.2) is 0 Å². The molecule has 110 valence electrons. The largest absolute Gasteiger partial charge is 0.326 e. The topological polar surface area (TPSA) is 58.4 Å². The molecular weight excluding hydrogens is 250 g/mol. The van der Waals surface area contributed by atoms with Crippen molar-refractivity contribution in [3.05, 3.63) is 29.8 Å². The van der Waals surface area contributed by atoms with E-state index in [1.807, 2.05) is 24.3 Å². The number of anilines is 1. The fraction of sp³-hybridized carbons (Fsp3) is 0.562. The summed E-state index contributed by atoms with van der Waals surface area (Å²) in [5, 5.41) is 2.93. The van der Waals surface area contributed by atoms with Crippen LogP contribution in [0.1, 0.15) is 31.2 Å². The number of amides is 1. The quantitative estimate of drug-likeness (QED) is 0.802. The average Bonchev–Trinajstić information content (AvgIpc) is 2.41. The molecule has 0 saturated heterocycles. The Morgan fingerprint density at radius 2 is 2.25 bits per heavy atom. The van der Waals surface area contributed by atoms with Crippen molar-refractivity contribution >= 4 is 11.6 Å². The fourth-order valence-electron chi connectivity index (χ4n) is 2.50. The molecule has 20 heavy (non-hydrogen) atoms. The highest BCUT2D eigenvalue weighted by atomic mass is 16.1. The number of carbonyl (C=O) groups is 1. The first-order valence-corrected chi connectivity index (χ1v) is 7.45. The molecule has 1 aliphatic rings. The van der Waals surface area contributed by atoms with Crippen LogP contribution in [-0.4, -0.2) is 30.9 Å². The minimum atomic E-state index is 0.0691. The lowest BCUT2D eigenvalue weighted by molar-refractivity contribution is -0.116. The molecule has 1 aromatic rings. The van der Waals surface area contributed by atoms with Gasteiger partial charge in [0.05, 0.1) is 0 Å². The minimum Gasteiger partial charge on any atom is -0.326 e. The summed E-state index contributed by atoms with van der Waals surface area (Å²) < 4.78 is 0. The lowest BCUT2D eigenvalue weighted by Gasteiger charge is -2.29. The van der Waals surface area contributed by atoms with Gasteiger partial charge in [-0.1, -0.05) is 18.6 Å². The average molecular weight is 275 g/mol. The number of nitrogens with one attached hydrogen (secondary N) is 1. The van der Waals surface area contributed by atoms with Gasteiger partial charge in [0.1, 0.15) is 0 Å². The van der Waals surface area contributed by atoms with Crippen LogP contribution < -0.4 is 11.1 Å². The van der Waals surface area contributed by atoms with Crippen LogP contribution in [0.3, 0.4) is 0 Å². The van der Waals surface area contributed by atoms with Gasteiger partial charge in [0.15, 0.2) is 0 Å². The molecule has 4 nitrogen and oxygen atoms in total. The molecule has 1 aromatic carbocycles. The van der Waals surface area contributed by atoms with E-state index in [0.717, 1.165) is 30.3 Å². The molecule has 0 bridgehead atoms. The summed E-state index contributed by atoms with van der Waals surface area (Å²) >= 11 is 0. The highest BCUT2D eigenvalue weighted by Crippen LogP contribution is 2.26. The summed E-state index contributed by atoms with van der Waals surface area (Å²) in [6, 6.07) is 7.70. The predicted octanol–water partition coefficient (Wildman–Crippen LogP) is 2.21. The maximum Gasteiger partial charge on any atom is 0.225 e. The zero-order valence-electron chi connectivity index (χ0n) is 12.3. The highest BCUT2D eigenvalue weighted by molar-refractivity contribution is 5.90. The van der Waals surface area contributed by atoms with Crippen molar-refractivity contribution in [1.82, 2.24) is 4.90 Å². The first-order chi connectivity index (χ1) is 9.67. The van der Waals surface area contributed by atoms with E-state index in [2.05, 4.69) is 17.3 Å². The zero-order valence-corrected chi connectivity index (χ0v) is 12.3. The molecule has 0 spiro atoms. The monoisotopic (exact) mass is 275 g/mol. The highest BCUT2D eigenvalue weighted by Gasteiger charge is 2.19. The molecule has 0 atom stereocenters. The molecule has 3 N–H and O–H groups in total. The van der Waals surface area contributed by atoms with Gasteiger partial charge < -0.3 is 16.0 Å². The number of rotatable bonds is 7. The Bertz CT molecular complexity index is 443. The van der Waals surface area contributed by atoms with Crippen molar-refractivity contribution in [2.45, 2.75) is 32.2 Å². The van der Waals surface area contributed by atoms with Crippen molar-refractivity contribution in [1.29, 1.82) is 0 Å². The van der Waals surface area contributed by atoms with Gasteiger partial charge in [-0.3, -0.25) is 4.79 Å². The molecule has 0 unspecified atom stereocenters. The van der Waals surface area contributed by atoms with E-state index in [9.17, 15) is 4.79 Å². The van der Waals surface area contributed by atoms with Gasteiger partial charge in [0.25, 0.3) is 0 Å². The molecule has 2 rings (SSSR count). The first-order valence-electron chi connectivity index (χ1n) is 7.45. The van der Waals surface area contributed by atoms with Crippen LogP contribution >= 0.6 is 0 Å². The summed E-state index contributed by atoms with van der Waals surface area (Å²) in [7, 11) is 2.10. The molecule has 1 fully saturated rings. The minimum absolute atomic E-state index is 0.0691. The van der Waals surface area contributed by atoms with Crippen molar-refractivity contribution in [3.8, 4) is 0 Å². The van der Waals surface area contributed by atoms with Crippen LogP contribution in [0.15, 0.2) is 24.3 Å². The Kier molecular flexibility index (Phi) is 5.56. The van der Waals surface area contributed by atoms with Crippen LogP contribution in [-0.2, 0) is 11.3 Å². The van der Waals surface area contributed by atoms with Gasteiger partial charge in [0, 0.05) is 31.7 Å². The lowest BCUT2D eigenvalue weighted by atomic mass is 9.85. The number of carbonyl (C=O) groups excluding carboxylic acids is 1. The third kappa shape index (κ3) is 4.62. The Hall–Kier alpha value is -1.39. The Morgan fingerprint density at radius 1 is 1.45 bits per heavy atom. The van der Waals surface area contributed by atoms with E-state index < -0.39 is 0 Å². The number of nitrogens with two attached hydrogens (primary N) is 1. The van der Waals surface area contributed by atoms with Crippen LogP contribution in [0.4, 0.5) is 5.69 Å². The second-order valence-corrected chi connectivity index (χ2v) is 5.76. The SMILES string of the molecule is CN(CCC(=O)Nc1cccc(CN)c1)CC1CCC1. The third-order valence-electron chi connectivity index (χ3n) is 3.96. The standard InChI is InChI=1S/C16H25N3O/c1-19(12-13-4-2-5-13)9-8-16(20)18-15-7-3-6-14(10-15)11-17/h3,6-7,10,13H,2,4-5,8-9,11-12,17H2,1H3,(H,18,20). The second-order valence-electron chi connectivity index (χ2n) is 5.76. The molecule has 1 amide bonds. The van der Waals surface area contributed by atoms with E-state index in [0.29, 0.717) is 13.0 Å². The third-order valence-corrected chi connectivity index (χ3v) is 3.96. The molecule has 1 aliphatic carbocycles. The van der Waals surface area contributed by atoms with Crippen molar-refractivity contribution in [2.75, 3.05) is 25.5 Å². The zero-order chi connectivity index (χ0) is 14.4. The summed E-state index contributed by atoms with van der Waals surface area (Å²) in [5.74, 6) is 0.920. The summed E-state index contributed by atoms with van der Waals surface area (Å²) in [5.41, 5.74) is 7.46. The fourth-order valence-corrected chi connectivity index (χ4v) is 2.50. The van der Waals surface area contributed by atoms with Gasteiger partial charge in [-0.2, -0.15) is 0 Å². The summed E-state index contributed by atoms with van der Waals surface area (Å²) in [6.45, 7) is 2.43. The summed E-state index contributed by atoms with van der Waals surface area (Å²) in [4.78, 5) is 14.2. The molecule has 4 heteroatoms. The number of nitrogens with zero attached hydrogens (tertiary/aromatic N) is 1. The molecule has 0 aromatic heterocycles. The Labute approximate surface area is 121 Å². The number of hydrogen-bond donors (Lipinski definition) is 2. The van der Waals surface area contributed by atoms with Crippen molar-refractivity contribution < 1.29 is 4.79 Å². The maximum atomic E-state index is 11.9. The van der Waals surface area contributed by atoms with Crippen LogP contribution in [0.2, 0.25) is 0 Å². The van der Waals surface area contributed by atoms with Crippen LogP contribution in [0, 0.1) is 5.92 Å². The lowest BCUT2D eigenvalue weighted by Crippen LogP contribution is -2.31. The van der Waals surface area contributed by atoms with E-state index in [1.165, 1.54) is 19.3 Å². The van der Waals surface area contributed by atoms with Gasteiger partial charge in [-0.05, 0) is 43.5 Å². The molecule has 0 heterocycles. The van der Waals surface area contributed by atoms with E-state index >= 15 is 0 Å². The van der Waals surface area contributed by atoms with Gasteiger partial charge in [0.2, 0.25) is 5.91 Å². The predicted molar refractivity (Wildman–Crippen MR) is 82.4 cm³/mol. The Morgan fingerprint density at radius 3 is 2.90 bits per heavy atom. The number of hydrogen-bond acceptors (Lipinski definition) is 3. The maximum absolute atomic E-state index is 11.9. The molecule has 0 radical (unpaired) electrons. The first kappa shape index (κ1) is 15.0. The van der Waals surface area contributed by atoms with E-state index in [4.69, 9.17) is 5.73 Å². The Balaban J connectivity index is 1.71. The van der Waals surface area contributed by atoms with Gasteiger partial charge >= 0.3 is 0 Å². The molecule has 0 aliphatic heterocycles. The van der Waals surface area contributed by atoms with E-state index in [1.54, 1.807) is 0 Å². The molecular formula is C16H25N3O. The second kappa shape index (κ2) is 7.41. The van der Waals surface area contributed by atoms with Crippen LogP contribution in [0.25, 0.3) is 0 Å². The molecule has 1 saturated carbocycles. The normalized spacial score (nSPS) is 15.2. The number of benzene rings is 1. The smallest absolute Gasteiger partial charge is 0.225 e.